The van der Waals surface area contributed by atoms with E-state index in [9.17, 15) is 0 Å². The fourth-order valence-corrected chi connectivity index (χ4v) is 3.35. The van der Waals surface area contributed by atoms with Gasteiger partial charge in [0.25, 0.3) is 0 Å². The van der Waals surface area contributed by atoms with Gasteiger partial charge in [-0.25, -0.2) is 0 Å². The van der Waals surface area contributed by atoms with E-state index in [1.54, 1.807) is 7.11 Å². The quantitative estimate of drug-likeness (QED) is 0.695. The first kappa shape index (κ1) is 13.7. The summed E-state index contributed by atoms with van der Waals surface area (Å²) in [6.45, 7) is 0. The van der Waals surface area contributed by atoms with Crippen molar-refractivity contribution in [2.24, 2.45) is 5.92 Å². The van der Waals surface area contributed by atoms with Gasteiger partial charge in [-0.3, -0.25) is 0 Å². The predicted octanol–water partition coefficient (Wildman–Crippen LogP) is 4.82. The Balaban J connectivity index is 1.83. The van der Waals surface area contributed by atoms with Gasteiger partial charge in [-0.1, -0.05) is 44.2 Å². The minimum atomic E-state index is 0.264. The van der Waals surface area contributed by atoms with Crippen molar-refractivity contribution in [3.8, 4) is 5.75 Å². The summed E-state index contributed by atoms with van der Waals surface area (Å²) < 4.78 is 5.24. The molecule has 1 fully saturated rings. The first-order valence-corrected chi connectivity index (χ1v) is 7.48. The van der Waals surface area contributed by atoms with Crippen molar-refractivity contribution in [1.82, 2.24) is 0 Å². The van der Waals surface area contributed by atoms with Crippen molar-refractivity contribution < 1.29 is 4.74 Å². The zero-order valence-corrected chi connectivity index (χ0v) is 12.0. The summed E-state index contributed by atoms with van der Waals surface area (Å²) >= 11 is 6.50. The molecule has 2 rings (SSSR count). The molecule has 0 radical (unpaired) electrons. The normalized spacial score (nSPS) is 18.6. The van der Waals surface area contributed by atoms with Gasteiger partial charge in [0.2, 0.25) is 0 Å². The average Bonchev–Trinajstić information content (AvgIpc) is 2.40. The molecule has 2 heteroatoms. The monoisotopic (exact) mass is 266 g/mol. The van der Waals surface area contributed by atoms with Crippen molar-refractivity contribution in [3.05, 3.63) is 29.8 Å². The van der Waals surface area contributed by atoms with E-state index < -0.39 is 0 Å². The lowest BCUT2D eigenvalue weighted by molar-refractivity contribution is 0.334. The number of halogens is 1. The molecule has 0 aliphatic heterocycles. The Morgan fingerprint density at radius 3 is 2.78 bits per heavy atom. The molecule has 0 saturated heterocycles. The molecule has 0 heterocycles. The standard InChI is InChI=1S/C16H23ClO/c1-18-16-9-5-8-14(12-16)11-15(17)10-13-6-3-2-4-7-13/h5,8-9,12-13,15H,2-4,6-7,10-11H2,1H3. The third kappa shape index (κ3) is 4.20. The second-order valence-corrected chi connectivity index (χ2v) is 6.01. The number of methoxy groups -OCH3 is 1. The van der Waals surface area contributed by atoms with Crippen LogP contribution in [0.25, 0.3) is 0 Å². The maximum atomic E-state index is 6.50. The molecule has 1 aromatic carbocycles. The van der Waals surface area contributed by atoms with Crippen LogP contribution < -0.4 is 4.74 Å². The van der Waals surface area contributed by atoms with Crippen LogP contribution in [0.5, 0.6) is 5.75 Å². The van der Waals surface area contributed by atoms with Gasteiger partial charge in [0, 0.05) is 5.38 Å². The van der Waals surface area contributed by atoms with Gasteiger partial charge in [0.05, 0.1) is 7.11 Å². The summed E-state index contributed by atoms with van der Waals surface area (Å²) in [5.41, 5.74) is 1.28. The Morgan fingerprint density at radius 1 is 1.28 bits per heavy atom. The average molecular weight is 267 g/mol. The molecule has 0 spiro atoms. The highest BCUT2D eigenvalue weighted by atomic mass is 35.5. The number of hydrogen-bond donors (Lipinski definition) is 0. The maximum absolute atomic E-state index is 6.50. The Kier molecular flexibility index (Phi) is 5.37. The van der Waals surface area contributed by atoms with Gasteiger partial charge in [-0.05, 0) is 36.5 Å². The second kappa shape index (κ2) is 7.04. The smallest absolute Gasteiger partial charge is 0.119 e. The van der Waals surface area contributed by atoms with Crippen molar-refractivity contribution in [3.63, 3.8) is 0 Å². The second-order valence-electron chi connectivity index (χ2n) is 5.39. The lowest BCUT2D eigenvalue weighted by Gasteiger charge is -2.23. The van der Waals surface area contributed by atoms with Gasteiger partial charge in [-0.2, -0.15) is 0 Å². The molecule has 1 unspecified atom stereocenters. The first-order chi connectivity index (χ1) is 8.78. The summed E-state index contributed by atoms with van der Waals surface area (Å²) in [5, 5.41) is 0.264. The highest BCUT2D eigenvalue weighted by molar-refractivity contribution is 6.20. The molecule has 0 amide bonds. The molecule has 0 bridgehead atoms. The molecule has 1 saturated carbocycles. The Bertz CT molecular complexity index is 358. The summed E-state index contributed by atoms with van der Waals surface area (Å²) in [5.74, 6) is 1.78. The molecule has 0 N–H and O–H groups in total. The number of hydrogen-bond acceptors (Lipinski definition) is 1. The number of alkyl halides is 1. The molecule has 18 heavy (non-hydrogen) atoms. The predicted molar refractivity (Wildman–Crippen MR) is 77.5 cm³/mol. The van der Waals surface area contributed by atoms with Crippen LogP contribution >= 0.6 is 11.6 Å². The highest BCUT2D eigenvalue weighted by Crippen LogP contribution is 2.30. The molecule has 1 aromatic rings. The van der Waals surface area contributed by atoms with E-state index in [0.717, 1.165) is 18.1 Å². The molecule has 1 atom stereocenters. The Hall–Kier alpha value is -0.690. The van der Waals surface area contributed by atoms with Crippen LogP contribution in [0, 0.1) is 5.92 Å². The SMILES string of the molecule is COc1cccc(CC(Cl)CC2CCCCC2)c1. The van der Waals surface area contributed by atoms with Gasteiger partial charge in [-0.15, -0.1) is 11.6 Å². The molecule has 1 nitrogen and oxygen atoms in total. The molecule has 0 aromatic heterocycles. The summed E-state index contributed by atoms with van der Waals surface area (Å²) in [6, 6.07) is 8.25. The van der Waals surface area contributed by atoms with E-state index in [1.807, 2.05) is 12.1 Å². The fourth-order valence-electron chi connectivity index (χ4n) is 2.92. The van der Waals surface area contributed by atoms with E-state index >= 15 is 0 Å². The van der Waals surface area contributed by atoms with Gasteiger partial charge >= 0.3 is 0 Å². The number of rotatable bonds is 5. The van der Waals surface area contributed by atoms with E-state index in [0.29, 0.717) is 0 Å². The van der Waals surface area contributed by atoms with Crippen LogP contribution in [0.15, 0.2) is 24.3 Å². The van der Waals surface area contributed by atoms with Crippen LogP contribution in [0.4, 0.5) is 0 Å². The maximum Gasteiger partial charge on any atom is 0.119 e. The third-order valence-corrected chi connectivity index (χ3v) is 4.24. The van der Waals surface area contributed by atoms with Gasteiger partial charge < -0.3 is 4.74 Å². The van der Waals surface area contributed by atoms with Crippen LogP contribution in [0.3, 0.4) is 0 Å². The van der Waals surface area contributed by atoms with E-state index in [2.05, 4.69) is 12.1 Å². The summed E-state index contributed by atoms with van der Waals surface area (Å²) in [6.07, 6.45) is 9.08. The van der Waals surface area contributed by atoms with Crippen molar-refractivity contribution in [1.29, 1.82) is 0 Å². The van der Waals surface area contributed by atoms with Crippen molar-refractivity contribution in [2.75, 3.05) is 7.11 Å². The summed E-state index contributed by atoms with van der Waals surface area (Å²) in [4.78, 5) is 0. The third-order valence-electron chi connectivity index (χ3n) is 3.91. The zero-order chi connectivity index (χ0) is 12.8. The number of benzene rings is 1. The van der Waals surface area contributed by atoms with Crippen LogP contribution in [0.1, 0.15) is 44.1 Å². The van der Waals surface area contributed by atoms with E-state index in [-0.39, 0.29) is 5.38 Å². The van der Waals surface area contributed by atoms with E-state index in [4.69, 9.17) is 16.3 Å². The summed E-state index contributed by atoms with van der Waals surface area (Å²) in [7, 11) is 1.71. The lowest BCUT2D eigenvalue weighted by atomic mass is 9.85. The molecular formula is C16H23ClO. The van der Waals surface area contributed by atoms with Crippen LogP contribution in [0.2, 0.25) is 0 Å². The first-order valence-electron chi connectivity index (χ1n) is 7.05. The molecule has 1 aliphatic carbocycles. The Morgan fingerprint density at radius 2 is 2.06 bits per heavy atom. The Labute approximate surface area is 115 Å². The number of ether oxygens (including phenoxy) is 1. The minimum Gasteiger partial charge on any atom is -0.497 e. The molecule has 1 aliphatic rings. The van der Waals surface area contributed by atoms with Gasteiger partial charge in [0.1, 0.15) is 5.75 Å². The lowest BCUT2D eigenvalue weighted by Crippen LogP contribution is -2.14. The minimum absolute atomic E-state index is 0.264. The van der Waals surface area contributed by atoms with Crippen molar-refractivity contribution in [2.45, 2.75) is 50.3 Å². The van der Waals surface area contributed by atoms with E-state index in [1.165, 1.54) is 44.1 Å². The van der Waals surface area contributed by atoms with Crippen LogP contribution in [-0.4, -0.2) is 12.5 Å². The zero-order valence-electron chi connectivity index (χ0n) is 11.2. The molecular weight excluding hydrogens is 244 g/mol. The fraction of sp³-hybridized carbons (Fsp3) is 0.625. The largest absolute Gasteiger partial charge is 0.497 e. The molecule has 100 valence electrons. The van der Waals surface area contributed by atoms with Crippen LogP contribution in [-0.2, 0) is 6.42 Å². The van der Waals surface area contributed by atoms with Crippen molar-refractivity contribution >= 4 is 11.6 Å². The topological polar surface area (TPSA) is 9.23 Å². The van der Waals surface area contributed by atoms with Gasteiger partial charge in [0.15, 0.2) is 0 Å². The highest BCUT2D eigenvalue weighted by Gasteiger charge is 2.17.